The van der Waals surface area contributed by atoms with Crippen molar-refractivity contribution < 1.29 is 4.79 Å². The van der Waals surface area contributed by atoms with E-state index in [0.29, 0.717) is 17.1 Å². The minimum Gasteiger partial charge on any atom is -0.298 e. The Morgan fingerprint density at radius 2 is 1.77 bits per heavy atom. The van der Waals surface area contributed by atoms with Gasteiger partial charge in [0.2, 0.25) is 0 Å². The molecule has 0 aliphatic carbocycles. The van der Waals surface area contributed by atoms with Crippen LogP contribution in [0.3, 0.4) is 0 Å². The molecule has 1 amide bonds. The average molecular weight is 379 g/mol. The van der Waals surface area contributed by atoms with Crippen LogP contribution in [0.2, 0.25) is 5.02 Å². The van der Waals surface area contributed by atoms with Crippen molar-refractivity contribution in [2.24, 2.45) is 0 Å². The van der Waals surface area contributed by atoms with Gasteiger partial charge in [0.25, 0.3) is 5.91 Å². The van der Waals surface area contributed by atoms with Crippen molar-refractivity contribution >= 4 is 44.7 Å². The molecule has 0 fully saturated rings. The summed E-state index contributed by atoms with van der Waals surface area (Å²) in [6, 6.07) is 21.3. The molecule has 0 atom stereocenters. The van der Waals surface area contributed by atoms with Gasteiger partial charge in [-0.25, -0.2) is 4.98 Å². The highest BCUT2D eigenvalue weighted by atomic mass is 35.5. The van der Waals surface area contributed by atoms with Crippen molar-refractivity contribution in [3.05, 3.63) is 94.0 Å². The number of hydrogen-bond donors (Lipinski definition) is 1. The zero-order valence-electron chi connectivity index (χ0n) is 13.8. The number of halogens is 1. The molecule has 4 aromatic rings. The summed E-state index contributed by atoms with van der Waals surface area (Å²) in [5, 5.41) is 6.20. The van der Waals surface area contributed by atoms with Gasteiger partial charge in [-0.15, -0.1) is 11.3 Å². The number of rotatable bonds is 4. The lowest BCUT2D eigenvalue weighted by atomic mass is 10.0. The lowest BCUT2D eigenvalue weighted by Gasteiger charge is -2.06. The van der Waals surface area contributed by atoms with Crippen molar-refractivity contribution in [3.8, 4) is 0 Å². The molecule has 0 unspecified atom stereocenters. The molecule has 0 bridgehead atoms. The average Bonchev–Trinajstić information content (AvgIpc) is 3.10. The predicted molar refractivity (Wildman–Crippen MR) is 108 cm³/mol. The number of carbonyl (C=O) groups excluding carboxylic acids is 1. The van der Waals surface area contributed by atoms with E-state index in [1.54, 1.807) is 6.20 Å². The van der Waals surface area contributed by atoms with E-state index in [1.807, 2.05) is 66.7 Å². The maximum absolute atomic E-state index is 12.7. The van der Waals surface area contributed by atoms with Gasteiger partial charge in [0.05, 0.1) is 0 Å². The van der Waals surface area contributed by atoms with Crippen LogP contribution in [0.15, 0.2) is 72.9 Å². The zero-order valence-corrected chi connectivity index (χ0v) is 15.3. The lowest BCUT2D eigenvalue weighted by Crippen LogP contribution is -2.12. The standard InChI is InChI=1S/C21H15ClN2OS/c22-19-11-4-2-7-15(19)12-16-13-23-21(26-16)24-20(25)18-10-5-8-14-6-1-3-9-17(14)18/h1-11,13H,12H2,(H,23,24,25). The van der Waals surface area contributed by atoms with Crippen molar-refractivity contribution in [1.82, 2.24) is 4.98 Å². The molecule has 1 aromatic heterocycles. The molecule has 0 aliphatic rings. The van der Waals surface area contributed by atoms with Gasteiger partial charge in [0.15, 0.2) is 5.13 Å². The summed E-state index contributed by atoms with van der Waals surface area (Å²) in [7, 11) is 0. The second kappa shape index (κ2) is 7.28. The molecule has 4 rings (SSSR count). The van der Waals surface area contributed by atoms with Crippen LogP contribution >= 0.6 is 22.9 Å². The fourth-order valence-corrected chi connectivity index (χ4v) is 3.90. The first-order valence-corrected chi connectivity index (χ1v) is 9.37. The van der Waals surface area contributed by atoms with Crippen LogP contribution in [-0.4, -0.2) is 10.9 Å². The van der Waals surface area contributed by atoms with E-state index in [4.69, 9.17) is 11.6 Å². The summed E-state index contributed by atoms with van der Waals surface area (Å²) in [6.45, 7) is 0. The van der Waals surface area contributed by atoms with Gasteiger partial charge in [-0.1, -0.05) is 66.2 Å². The zero-order chi connectivity index (χ0) is 17.9. The Kier molecular flexibility index (Phi) is 4.69. The number of thiazole rings is 1. The van der Waals surface area contributed by atoms with E-state index in [-0.39, 0.29) is 5.91 Å². The molecule has 128 valence electrons. The van der Waals surface area contributed by atoms with E-state index in [2.05, 4.69) is 10.3 Å². The molecule has 0 saturated heterocycles. The summed E-state index contributed by atoms with van der Waals surface area (Å²) in [4.78, 5) is 18.1. The fourth-order valence-electron chi connectivity index (χ4n) is 2.86. The molecular weight excluding hydrogens is 364 g/mol. The highest BCUT2D eigenvalue weighted by molar-refractivity contribution is 7.15. The smallest absolute Gasteiger partial charge is 0.258 e. The van der Waals surface area contributed by atoms with Crippen LogP contribution in [0.5, 0.6) is 0 Å². The van der Waals surface area contributed by atoms with Gasteiger partial charge in [0.1, 0.15) is 0 Å². The van der Waals surface area contributed by atoms with Gasteiger partial charge in [-0.3, -0.25) is 10.1 Å². The predicted octanol–water partition coefficient (Wildman–Crippen LogP) is 5.79. The maximum atomic E-state index is 12.7. The number of amides is 1. The molecule has 1 N–H and O–H groups in total. The minimum atomic E-state index is -0.152. The Bertz CT molecular complexity index is 1080. The monoisotopic (exact) mass is 378 g/mol. The second-order valence-electron chi connectivity index (χ2n) is 5.88. The first-order chi connectivity index (χ1) is 12.7. The Hall–Kier alpha value is -2.69. The Balaban J connectivity index is 1.54. The molecule has 0 saturated carbocycles. The summed E-state index contributed by atoms with van der Waals surface area (Å²) in [5.41, 5.74) is 1.69. The third-order valence-corrected chi connectivity index (χ3v) is 5.41. The van der Waals surface area contributed by atoms with Gasteiger partial charge >= 0.3 is 0 Å². The Morgan fingerprint density at radius 3 is 2.65 bits per heavy atom. The van der Waals surface area contributed by atoms with Crippen molar-refractivity contribution in [3.63, 3.8) is 0 Å². The highest BCUT2D eigenvalue weighted by Gasteiger charge is 2.12. The number of benzene rings is 3. The first-order valence-electron chi connectivity index (χ1n) is 8.18. The van der Waals surface area contributed by atoms with E-state index in [9.17, 15) is 4.79 Å². The van der Waals surface area contributed by atoms with Crippen LogP contribution in [0.25, 0.3) is 10.8 Å². The molecule has 0 spiro atoms. The van der Waals surface area contributed by atoms with E-state index < -0.39 is 0 Å². The summed E-state index contributed by atoms with van der Waals surface area (Å²) in [6.07, 6.45) is 2.48. The van der Waals surface area contributed by atoms with Gasteiger partial charge in [-0.2, -0.15) is 0 Å². The van der Waals surface area contributed by atoms with Crippen molar-refractivity contribution in [1.29, 1.82) is 0 Å². The van der Waals surface area contributed by atoms with Crippen LogP contribution in [0.1, 0.15) is 20.8 Å². The molecule has 0 radical (unpaired) electrons. The van der Waals surface area contributed by atoms with E-state index >= 15 is 0 Å². The minimum absolute atomic E-state index is 0.152. The molecule has 5 heteroatoms. The topological polar surface area (TPSA) is 42.0 Å². The van der Waals surface area contributed by atoms with Gasteiger partial charge in [-0.05, 0) is 28.5 Å². The van der Waals surface area contributed by atoms with E-state index in [1.165, 1.54) is 11.3 Å². The Labute approximate surface area is 160 Å². The number of hydrogen-bond acceptors (Lipinski definition) is 3. The Morgan fingerprint density at radius 1 is 1.00 bits per heavy atom. The maximum Gasteiger partial charge on any atom is 0.258 e. The molecule has 3 aromatic carbocycles. The fraction of sp³-hybridized carbons (Fsp3) is 0.0476. The first kappa shape index (κ1) is 16.8. The number of fused-ring (bicyclic) bond motifs is 1. The molecular formula is C21H15ClN2OS. The van der Waals surface area contributed by atoms with Crippen LogP contribution in [-0.2, 0) is 6.42 Å². The van der Waals surface area contributed by atoms with Crippen LogP contribution < -0.4 is 5.32 Å². The quantitative estimate of drug-likeness (QED) is 0.488. The SMILES string of the molecule is O=C(Nc1ncc(Cc2ccccc2Cl)s1)c1cccc2ccccc12. The number of carbonyl (C=O) groups is 1. The summed E-state index contributed by atoms with van der Waals surface area (Å²) in [5.74, 6) is -0.152. The third-order valence-electron chi connectivity index (χ3n) is 4.13. The molecule has 3 nitrogen and oxygen atoms in total. The van der Waals surface area contributed by atoms with Crippen molar-refractivity contribution in [2.75, 3.05) is 5.32 Å². The van der Waals surface area contributed by atoms with Crippen molar-refractivity contribution in [2.45, 2.75) is 6.42 Å². The second-order valence-corrected chi connectivity index (χ2v) is 7.40. The summed E-state index contributed by atoms with van der Waals surface area (Å²) >= 11 is 7.68. The lowest BCUT2D eigenvalue weighted by molar-refractivity contribution is 0.102. The van der Waals surface area contributed by atoms with Gasteiger partial charge in [0, 0.05) is 28.1 Å². The van der Waals surface area contributed by atoms with Gasteiger partial charge < -0.3 is 0 Å². The third kappa shape index (κ3) is 3.47. The number of nitrogens with one attached hydrogen (secondary N) is 1. The number of aromatic nitrogens is 1. The normalized spacial score (nSPS) is 10.8. The molecule has 0 aliphatic heterocycles. The van der Waals surface area contributed by atoms with Crippen LogP contribution in [0, 0.1) is 0 Å². The summed E-state index contributed by atoms with van der Waals surface area (Å²) < 4.78 is 0. The molecule has 26 heavy (non-hydrogen) atoms. The number of anilines is 1. The molecule has 1 heterocycles. The van der Waals surface area contributed by atoms with Crippen LogP contribution in [0.4, 0.5) is 5.13 Å². The largest absolute Gasteiger partial charge is 0.298 e. The van der Waals surface area contributed by atoms with E-state index in [0.717, 1.165) is 26.2 Å². The highest BCUT2D eigenvalue weighted by Crippen LogP contribution is 2.26. The number of nitrogens with zero attached hydrogens (tertiary/aromatic N) is 1.